The topological polar surface area (TPSA) is 22.4 Å². The number of fused-ring (bicyclic) bond motifs is 5. The van der Waals surface area contributed by atoms with Crippen molar-refractivity contribution in [2.45, 2.75) is 0 Å². The van der Waals surface area contributed by atoms with Gasteiger partial charge in [0.05, 0.1) is 0 Å². The van der Waals surface area contributed by atoms with Crippen LogP contribution in [0.1, 0.15) is 0 Å². The Kier molecular flexibility index (Phi) is 3.03. The molecule has 0 saturated carbocycles. The number of ether oxygens (including phenoxy) is 1. The second-order valence-corrected chi connectivity index (χ2v) is 7.78. The van der Waals surface area contributed by atoms with E-state index in [0.717, 1.165) is 50.1 Å². The van der Waals surface area contributed by atoms with Crippen molar-refractivity contribution in [2.75, 3.05) is 0 Å². The minimum atomic E-state index is 0.898. The van der Waals surface area contributed by atoms with Crippen molar-refractivity contribution in [3.05, 3.63) is 97.1 Å². The molecule has 1 aliphatic rings. The summed E-state index contributed by atoms with van der Waals surface area (Å²) in [6.07, 6.45) is 0. The zero-order valence-electron chi connectivity index (χ0n) is 16.1. The van der Waals surface area contributed by atoms with Crippen LogP contribution in [0.5, 0.6) is 11.5 Å². The molecule has 140 valence electrons. The van der Waals surface area contributed by atoms with Gasteiger partial charge in [0.15, 0.2) is 0 Å². The molecule has 7 rings (SSSR count). The average Bonchev–Trinajstić information content (AvgIpc) is 3.17. The fourth-order valence-corrected chi connectivity index (χ4v) is 4.65. The van der Waals surface area contributed by atoms with Crippen LogP contribution < -0.4 is 4.74 Å². The Morgan fingerprint density at radius 3 is 2.27 bits per heavy atom. The lowest BCUT2D eigenvalue weighted by molar-refractivity contribution is 0.487. The van der Waals surface area contributed by atoms with Crippen LogP contribution in [-0.2, 0) is 0 Å². The molecule has 1 aliphatic heterocycles. The second-order valence-electron chi connectivity index (χ2n) is 7.78. The summed E-state index contributed by atoms with van der Waals surface area (Å²) < 4.78 is 12.3. The van der Waals surface area contributed by atoms with Crippen LogP contribution in [0.25, 0.3) is 55.0 Å². The maximum atomic E-state index is 6.23. The van der Waals surface area contributed by atoms with Gasteiger partial charge in [0, 0.05) is 21.7 Å². The summed E-state index contributed by atoms with van der Waals surface area (Å²) in [7, 11) is 0. The third kappa shape index (κ3) is 2.13. The Labute approximate surface area is 172 Å². The number of rotatable bonds is 1. The molecular formula is C28H16O2. The van der Waals surface area contributed by atoms with Gasteiger partial charge in [0.25, 0.3) is 0 Å². The van der Waals surface area contributed by atoms with Gasteiger partial charge >= 0.3 is 0 Å². The summed E-state index contributed by atoms with van der Waals surface area (Å²) in [5.74, 6) is 1.82. The zero-order valence-corrected chi connectivity index (χ0v) is 16.1. The monoisotopic (exact) mass is 384 g/mol. The van der Waals surface area contributed by atoms with Gasteiger partial charge in [-0.3, -0.25) is 0 Å². The Hall–Kier alpha value is -4.04. The van der Waals surface area contributed by atoms with Gasteiger partial charge in [-0.05, 0) is 58.5 Å². The van der Waals surface area contributed by atoms with Crippen LogP contribution in [0.4, 0.5) is 0 Å². The molecule has 1 aromatic heterocycles. The highest BCUT2D eigenvalue weighted by Crippen LogP contribution is 2.47. The maximum Gasteiger partial charge on any atom is 0.136 e. The van der Waals surface area contributed by atoms with Crippen molar-refractivity contribution in [1.29, 1.82) is 0 Å². The Morgan fingerprint density at radius 2 is 1.30 bits per heavy atom. The third-order valence-corrected chi connectivity index (χ3v) is 6.07. The molecular weight excluding hydrogens is 368 g/mol. The molecule has 2 nitrogen and oxygen atoms in total. The van der Waals surface area contributed by atoms with E-state index in [1.54, 1.807) is 0 Å². The fraction of sp³-hybridized carbons (Fsp3) is 0. The van der Waals surface area contributed by atoms with Crippen LogP contribution in [0.3, 0.4) is 0 Å². The van der Waals surface area contributed by atoms with Crippen molar-refractivity contribution in [1.82, 2.24) is 0 Å². The smallest absolute Gasteiger partial charge is 0.136 e. The first kappa shape index (κ1) is 15.8. The molecule has 5 aromatic carbocycles. The van der Waals surface area contributed by atoms with Gasteiger partial charge in [-0.2, -0.15) is 0 Å². The molecule has 0 amide bonds. The largest absolute Gasteiger partial charge is 0.456 e. The Morgan fingerprint density at radius 1 is 0.500 bits per heavy atom. The van der Waals surface area contributed by atoms with E-state index in [2.05, 4.69) is 66.7 Å². The van der Waals surface area contributed by atoms with Gasteiger partial charge in [0.2, 0.25) is 0 Å². The number of hydrogen-bond donors (Lipinski definition) is 0. The molecule has 0 saturated heterocycles. The van der Waals surface area contributed by atoms with E-state index in [0.29, 0.717) is 0 Å². The Bertz CT molecular complexity index is 1620. The highest BCUT2D eigenvalue weighted by Gasteiger charge is 2.20. The maximum absolute atomic E-state index is 6.23. The van der Waals surface area contributed by atoms with Crippen LogP contribution in [-0.4, -0.2) is 0 Å². The van der Waals surface area contributed by atoms with Gasteiger partial charge in [-0.15, -0.1) is 0 Å². The van der Waals surface area contributed by atoms with E-state index >= 15 is 0 Å². The lowest BCUT2D eigenvalue weighted by Crippen LogP contribution is -1.97. The molecule has 0 fully saturated rings. The average molecular weight is 384 g/mol. The predicted molar refractivity (Wildman–Crippen MR) is 122 cm³/mol. The van der Waals surface area contributed by atoms with Crippen LogP contribution >= 0.6 is 0 Å². The summed E-state index contributed by atoms with van der Waals surface area (Å²) in [5, 5.41) is 4.68. The standard InChI is InChI=1S/C28H16O2/c1-2-9-24-20(7-1)21-13-11-19(16-27(21)30-24)18-12-14-25-23(15-18)22-8-3-5-17-6-4-10-26(29-25)28(17)22/h1-16H. The Balaban J connectivity index is 1.43. The van der Waals surface area contributed by atoms with Crippen LogP contribution in [0.2, 0.25) is 0 Å². The summed E-state index contributed by atoms with van der Waals surface area (Å²) >= 11 is 0. The lowest BCUT2D eigenvalue weighted by Gasteiger charge is -2.21. The normalized spacial score (nSPS) is 12.3. The number of hydrogen-bond acceptors (Lipinski definition) is 2. The molecule has 0 spiro atoms. The molecule has 2 heteroatoms. The molecule has 0 atom stereocenters. The summed E-state index contributed by atoms with van der Waals surface area (Å²) in [4.78, 5) is 0. The zero-order chi connectivity index (χ0) is 19.7. The van der Waals surface area contributed by atoms with Gasteiger partial charge in [0.1, 0.15) is 22.7 Å². The van der Waals surface area contributed by atoms with Gasteiger partial charge in [-0.25, -0.2) is 0 Å². The first-order chi connectivity index (χ1) is 14.8. The SMILES string of the molecule is c1cc2c3c(cccc3c1)-c1cc(-c3ccc4c(c3)oc3ccccc34)ccc1O2. The first-order valence-corrected chi connectivity index (χ1v) is 10.1. The van der Waals surface area contributed by atoms with Crippen molar-refractivity contribution >= 4 is 32.7 Å². The van der Waals surface area contributed by atoms with Gasteiger partial charge in [-0.1, -0.05) is 60.7 Å². The number of benzene rings is 5. The third-order valence-electron chi connectivity index (χ3n) is 6.07. The van der Waals surface area contributed by atoms with Crippen molar-refractivity contribution in [3.8, 4) is 33.8 Å². The summed E-state index contributed by atoms with van der Waals surface area (Å²) in [6, 6.07) is 33.7. The molecule has 0 bridgehead atoms. The number of furan rings is 1. The molecule has 0 unspecified atom stereocenters. The fourth-order valence-electron chi connectivity index (χ4n) is 4.65. The van der Waals surface area contributed by atoms with Gasteiger partial charge < -0.3 is 9.15 Å². The van der Waals surface area contributed by atoms with Crippen molar-refractivity contribution in [2.24, 2.45) is 0 Å². The molecule has 6 aromatic rings. The van der Waals surface area contributed by atoms with Crippen LogP contribution in [0, 0.1) is 0 Å². The van der Waals surface area contributed by atoms with Crippen LogP contribution in [0.15, 0.2) is 101 Å². The van der Waals surface area contributed by atoms with E-state index in [9.17, 15) is 0 Å². The van der Waals surface area contributed by atoms with E-state index in [4.69, 9.17) is 9.15 Å². The highest BCUT2D eigenvalue weighted by molar-refractivity contribution is 6.07. The van der Waals surface area contributed by atoms with Crippen molar-refractivity contribution in [3.63, 3.8) is 0 Å². The molecule has 0 aliphatic carbocycles. The highest BCUT2D eigenvalue weighted by atomic mass is 16.5. The first-order valence-electron chi connectivity index (χ1n) is 10.1. The van der Waals surface area contributed by atoms with E-state index in [-0.39, 0.29) is 0 Å². The molecule has 30 heavy (non-hydrogen) atoms. The van der Waals surface area contributed by atoms with E-state index in [1.807, 2.05) is 30.3 Å². The summed E-state index contributed by atoms with van der Waals surface area (Å²) in [5.41, 5.74) is 6.46. The quantitative estimate of drug-likeness (QED) is 0.285. The minimum absolute atomic E-state index is 0.898. The predicted octanol–water partition coefficient (Wildman–Crippen LogP) is 8.18. The molecule has 0 radical (unpaired) electrons. The summed E-state index contributed by atoms with van der Waals surface area (Å²) in [6.45, 7) is 0. The molecule has 2 heterocycles. The van der Waals surface area contributed by atoms with E-state index < -0.39 is 0 Å². The minimum Gasteiger partial charge on any atom is -0.456 e. The van der Waals surface area contributed by atoms with E-state index in [1.165, 1.54) is 16.3 Å². The second kappa shape index (κ2) is 5.74. The van der Waals surface area contributed by atoms with Crippen molar-refractivity contribution < 1.29 is 9.15 Å². The number of para-hydroxylation sites is 1. The lowest BCUT2D eigenvalue weighted by atomic mass is 9.92. The molecule has 0 N–H and O–H groups in total.